The number of esters is 1. The average Bonchev–Trinajstić information content (AvgIpc) is 3.47. The molecule has 1 N–H and O–H groups in total. The summed E-state index contributed by atoms with van der Waals surface area (Å²) in [5.41, 5.74) is 2.69. The molecular weight excluding hydrogens is 448 g/mol. The number of hydrogen-bond acceptors (Lipinski definition) is 7. The Balaban J connectivity index is 1.50. The van der Waals surface area contributed by atoms with Gasteiger partial charge in [0.1, 0.15) is 5.82 Å². The van der Waals surface area contributed by atoms with E-state index >= 15 is 0 Å². The molecular formula is C26H36N4O3S. The fourth-order valence-corrected chi connectivity index (χ4v) is 5.82. The number of carbonyl (C=O) groups excluding carboxylic acids is 2. The van der Waals surface area contributed by atoms with Crippen molar-refractivity contribution in [3.05, 3.63) is 34.7 Å². The average molecular weight is 485 g/mol. The van der Waals surface area contributed by atoms with Gasteiger partial charge in [-0.1, -0.05) is 0 Å². The molecule has 0 aliphatic carbocycles. The van der Waals surface area contributed by atoms with Crippen molar-refractivity contribution in [1.29, 1.82) is 0 Å². The zero-order valence-corrected chi connectivity index (χ0v) is 21.3. The normalized spacial score (nSPS) is 19.4. The minimum atomic E-state index is -0.118. The number of rotatable bonds is 8. The van der Waals surface area contributed by atoms with Gasteiger partial charge in [0.15, 0.2) is 0 Å². The molecule has 1 amide bonds. The Morgan fingerprint density at radius 3 is 2.65 bits per heavy atom. The van der Waals surface area contributed by atoms with Crippen molar-refractivity contribution in [1.82, 2.24) is 15.2 Å². The van der Waals surface area contributed by atoms with Crippen molar-refractivity contribution in [3.63, 3.8) is 0 Å². The quantitative estimate of drug-likeness (QED) is 0.569. The SMILES string of the molecule is CCOC(=O)C1CCN(c2nc(-c3cc(C)cs3)ccc2C(=O)NCC[C@H]2CCCN2C)CC1. The van der Waals surface area contributed by atoms with Crippen LogP contribution in [0.15, 0.2) is 23.6 Å². The monoisotopic (exact) mass is 484 g/mol. The molecule has 2 saturated heterocycles. The Morgan fingerprint density at radius 2 is 2.00 bits per heavy atom. The number of hydrogen-bond donors (Lipinski definition) is 1. The first-order valence-corrected chi connectivity index (χ1v) is 13.3. The molecule has 0 unspecified atom stereocenters. The number of nitrogens with zero attached hydrogens (tertiary/aromatic N) is 3. The molecule has 2 aliphatic rings. The van der Waals surface area contributed by atoms with Crippen molar-refractivity contribution in [2.24, 2.45) is 5.92 Å². The standard InChI is InChI=1S/C26H36N4O3S/c1-4-33-26(32)19-10-14-30(15-11-19)24-21(7-8-22(28-24)23-16-18(2)17-34-23)25(31)27-12-9-20-6-5-13-29(20)3/h7-8,16-17,19-20H,4-6,9-15H2,1-3H3,(H,27,31)/t20-/m1/s1. The first-order chi connectivity index (χ1) is 16.5. The summed E-state index contributed by atoms with van der Waals surface area (Å²) in [6.07, 6.45) is 4.80. The largest absolute Gasteiger partial charge is 0.466 e. The molecule has 0 radical (unpaired) electrons. The maximum absolute atomic E-state index is 13.2. The molecule has 4 heterocycles. The summed E-state index contributed by atoms with van der Waals surface area (Å²) < 4.78 is 5.22. The second-order valence-electron chi connectivity index (χ2n) is 9.39. The van der Waals surface area contributed by atoms with E-state index in [0.29, 0.717) is 56.5 Å². The predicted molar refractivity (Wildman–Crippen MR) is 136 cm³/mol. The number of anilines is 1. The molecule has 8 heteroatoms. The number of carbonyl (C=O) groups is 2. The number of piperidine rings is 1. The molecule has 0 saturated carbocycles. The number of pyridine rings is 1. The van der Waals surface area contributed by atoms with Gasteiger partial charge in [0.05, 0.1) is 28.7 Å². The van der Waals surface area contributed by atoms with Crippen molar-refractivity contribution in [2.75, 3.05) is 44.7 Å². The van der Waals surface area contributed by atoms with E-state index in [1.165, 1.54) is 18.4 Å². The Kier molecular flexibility index (Phi) is 8.21. The van der Waals surface area contributed by atoms with E-state index in [1.807, 2.05) is 19.1 Å². The van der Waals surface area contributed by atoms with E-state index in [-0.39, 0.29) is 17.8 Å². The van der Waals surface area contributed by atoms with Gasteiger partial charge in [0.25, 0.3) is 5.91 Å². The molecule has 4 rings (SSSR count). The predicted octanol–water partition coefficient (Wildman–Crippen LogP) is 4.11. The van der Waals surface area contributed by atoms with Gasteiger partial charge in [-0.15, -0.1) is 11.3 Å². The van der Waals surface area contributed by atoms with Gasteiger partial charge in [-0.3, -0.25) is 9.59 Å². The van der Waals surface area contributed by atoms with Crippen LogP contribution in [0.5, 0.6) is 0 Å². The van der Waals surface area contributed by atoms with Crippen LogP contribution >= 0.6 is 11.3 Å². The molecule has 2 aromatic rings. The lowest BCUT2D eigenvalue weighted by Crippen LogP contribution is -2.39. The van der Waals surface area contributed by atoms with Crippen LogP contribution in [0.3, 0.4) is 0 Å². The molecule has 1 atom stereocenters. The smallest absolute Gasteiger partial charge is 0.309 e. The van der Waals surface area contributed by atoms with Crippen LogP contribution in [-0.2, 0) is 9.53 Å². The van der Waals surface area contributed by atoms with Gasteiger partial charge >= 0.3 is 5.97 Å². The zero-order valence-electron chi connectivity index (χ0n) is 20.5. The molecule has 184 valence electrons. The number of amides is 1. The van der Waals surface area contributed by atoms with E-state index in [2.05, 4.69) is 40.5 Å². The minimum absolute atomic E-state index is 0.0791. The van der Waals surface area contributed by atoms with Crippen LogP contribution in [0.25, 0.3) is 10.6 Å². The van der Waals surface area contributed by atoms with E-state index in [4.69, 9.17) is 9.72 Å². The number of thiophene rings is 1. The third-order valence-electron chi connectivity index (χ3n) is 6.95. The van der Waals surface area contributed by atoms with E-state index < -0.39 is 0 Å². The van der Waals surface area contributed by atoms with E-state index in [0.717, 1.165) is 23.5 Å². The summed E-state index contributed by atoms with van der Waals surface area (Å²) in [7, 11) is 2.16. The Labute approximate surface area is 206 Å². The summed E-state index contributed by atoms with van der Waals surface area (Å²) in [5, 5.41) is 5.24. The van der Waals surface area contributed by atoms with Gasteiger partial charge < -0.3 is 19.9 Å². The highest BCUT2D eigenvalue weighted by Crippen LogP contribution is 2.31. The summed E-state index contributed by atoms with van der Waals surface area (Å²) in [4.78, 5) is 36.0. The molecule has 2 fully saturated rings. The third kappa shape index (κ3) is 5.78. The topological polar surface area (TPSA) is 74.8 Å². The fraction of sp³-hybridized carbons (Fsp3) is 0.577. The van der Waals surface area contributed by atoms with Crippen LogP contribution < -0.4 is 10.2 Å². The van der Waals surface area contributed by atoms with Crippen LogP contribution in [-0.4, -0.2) is 67.6 Å². The lowest BCUT2D eigenvalue weighted by molar-refractivity contribution is -0.148. The van der Waals surface area contributed by atoms with Crippen molar-refractivity contribution in [3.8, 4) is 10.6 Å². The maximum Gasteiger partial charge on any atom is 0.309 e. The van der Waals surface area contributed by atoms with Gasteiger partial charge in [0, 0.05) is 25.7 Å². The number of aromatic nitrogens is 1. The Bertz CT molecular complexity index is 1000. The number of likely N-dealkylation sites (tertiary alicyclic amines) is 1. The Hall–Kier alpha value is -2.45. The maximum atomic E-state index is 13.2. The van der Waals surface area contributed by atoms with Gasteiger partial charge in [0.2, 0.25) is 0 Å². The highest BCUT2D eigenvalue weighted by molar-refractivity contribution is 7.13. The van der Waals surface area contributed by atoms with Gasteiger partial charge in [-0.05, 0) is 88.7 Å². The highest BCUT2D eigenvalue weighted by atomic mass is 32.1. The van der Waals surface area contributed by atoms with Gasteiger partial charge in [-0.25, -0.2) is 4.98 Å². The summed E-state index contributed by atoms with van der Waals surface area (Å²) in [5.74, 6) is 0.429. The summed E-state index contributed by atoms with van der Waals surface area (Å²) >= 11 is 1.66. The van der Waals surface area contributed by atoms with E-state index in [9.17, 15) is 9.59 Å². The van der Waals surface area contributed by atoms with Crippen LogP contribution in [0.2, 0.25) is 0 Å². The molecule has 2 aromatic heterocycles. The van der Waals surface area contributed by atoms with Crippen molar-refractivity contribution < 1.29 is 14.3 Å². The first-order valence-electron chi connectivity index (χ1n) is 12.4. The number of aryl methyl sites for hydroxylation is 1. The summed E-state index contributed by atoms with van der Waals surface area (Å²) in [6, 6.07) is 6.52. The second kappa shape index (κ2) is 11.3. The zero-order chi connectivity index (χ0) is 24.1. The van der Waals surface area contributed by atoms with Gasteiger partial charge in [-0.2, -0.15) is 0 Å². The molecule has 0 aromatic carbocycles. The minimum Gasteiger partial charge on any atom is -0.466 e. The molecule has 0 spiro atoms. The lowest BCUT2D eigenvalue weighted by Gasteiger charge is -2.33. The third-order valence-corrected chi connectivity index (χ3v) is 8.02. The molecule has 7 nitrogen and oxygen atoms in total. The second-order valence-corrected chi connectivity index (χ2v) is 10.3. The Morgan fingerprint density at radius 1 is 1.21 bits per heavy atom. The highest BCUT2D eigenvalue weighted by Gasteiger charge is 2.29. The fourth-order valence-electron chi connectivity index (χ4n) is 4.95. The van der Waals surface area contributed by atoms with Crippen LogP contribution in [0.1, 0.15) is 54.9 Å². The van der Waals surface area contributed by atoms with Crippen molar-refractivity contribution >= 4 is 29.0 Å². The lowest BCUT2D eigenvalue weighted by atomic mass is 9.96. The van der Waals surface area contributed by atoms with E-state index in [1.54, 1.807) is 11.3 Å². The number of ether oxygens (including phenoxy) is 1. The first kappa shape index (κ1) is 24.7. The molecule has 34 heavy (non-hydrogen) atoms. The number of nitrogens with one attached hydrogen (secondary N) is 1. The van der Waals surface area contributed by atoms with Crippen LogP contribution in [0.4, 0.5) is 5.82 Å². The van der Waals surface area contributed by atoms with Crippen molar-refractivity contribution in [2.45, 2.75) is 52.0 Å². The van der Waals surface area contributed by atoms with Crippen LogP contribution in [0, 0.1) is 12.8 Å². The molecule has 2 aliphatic heterocycles. The summed E-state index contributed by atoms with van der Waals surface area (Å²) in [6.45, 7) is 7.47. The molecule has 0 bridgehead atoms.